The number of hydrogen-bond donors (Lipinski definition) is 0. The number of carbonyl (C=O) groups is 1. The fraction of sp³-hybridized carbons (Fsp3) is 0.182. The summed E-state index contributed by atoms with van der Waals surface area (Å²) in [6, 6.07) is 8.08. The first-order valence-corrected chi connectivity index (χ1v) is 4.72. The fourth-order valence-electron chi connectivity index (χ4n) is 1.89. The first-order chi connectivity index (χ1) is 6.84. The number of nitrogens with zero attached hydrogens (tertiary/aromatic N) is 2. The number of carbonyl (C=O) groups excluding carboxylic acids is 1. The van der Waals surface area contributed by atoms with Gasteiger partial charge in [-0.25, -0.2) is 5.01 Å². The topological polar surface area (TPSA) is 23.6 Å². The molecule has 2 aliphatic rings. The number of rotatable bonds is 0. The molecule has 0 N–H and O–H groups in total. The normalized spacial score (nSPS) is 18.4. The maximum absolute atomic E-state index is 11.5. The summed E-state index contributed by atoms with van der Waals surface area (Å²) < 4.78 is 0. The second-order valence-corrected chi connectivity index (χ2v) is 3.54. The molecule has 0 aliphatic carbocycles. The molecule has 2 aliphatic heterocycles. The molecule has 3 nitrogen and oxygen atoms in total. The zero-order chi connectivity index (χ0) is 9.54. The van der Waals surface area contributed by atoms with E-state index in [1.54, 1.807) is 5.01 Å². The van der Waals surface area contributed by atoms with Crippen molar-refractivity contribution in [3.63, 3.8) is 0 Å². The highest BCUT2D eigenvalue weighted by atomic mass is 16.2. The lowest BCUT2D eigenvalue weighted by Gasteiger charge is -2.25. The minimum atomic E-state index is 0.177. The van der Waals surface area contributed by atoms with E-state index in [0.717, 1.165) is 11.8 Å². The number of fused-ring (bicyclic) bond motifs is 2. The quantitative estimate of drug-likeness (QED) is 0.551. The van der Waals surface area contributed by atoms with E-state index in [4.69, 9.17) is 0 Å². The van der Waals surface area contributed by atoms with Gasteiger partial charge in [-0.15, -0.1) is 0 Å². The van der Waals surface area contributed by atoms with Crippen LogP contribution in [0.1, 0.15) is 6.42 Å². The van der Waals surface area contributed by atoms with Crippen LogP contribution in [0.15, 0.2) is 24.3 Å². The molecule has 0 saturated carbocycles. The molecule has 0 bridgehead atoms. The van der Waals surface area contributed by atoms with Crippen molar-refractivity contribution in [2.75, 3.05) is 6.54 Å². The summed E-state index contributed by atoms with van der Waals surface area (Å²) in [6.45, 7) is 0.795. The summed E-state index contributed by atoms with van der Waals surface area (Å²) in [5.74, 6) is 0.177. The van der Waals surface area contributed by atoms with Crippen LogP contribution in [-0.2, 0) is 4.79 Å². The Morgan fingerprint density at radius 2 is 1.79 bits per heavy atom. The van der Waals surface area contributed by atoms with Gasteiger partial charge in [0.2, 0.25) is 5.91 Å². The van der Waals surface area contributed by atoms with Gasteiger partial charge in [-0.2, -0.15) is 0 Å². The molecule has 1 aromatic rings. The molecule has 70 valence electrons. The molecule has 0 radical (unpaired) electrons. The lowest BCUT2D eigenvalue weighted by atomic mass is 10.2. The van der Waals surface area contributed by atoms with Gasteiger partial charge in [0.15, 0.2) is 0 Å². The van der Waals surface area contributed by atoms with Crippen LogP contribution >= 0.6 is 0 Å². The predicted octanol–water partition coefficient (Wildman–Crippen LogP) is -0.375. The summed E-state index contributed by atoms with van der Waals surface area (Å²) in [6.07, 6.45) is 4.55. The molecular weight excluding hydrogens is 176 g/mol. The van der Waals surface area contributed by atoms with E-state index in [1.165, 1.54) is 5.22 Å². The Labute approximate surface area is 81.5 Å². The van der Waals surface area contributed by atoms with Crippen molar-refractivity contribution >= 4 is 18.3 Å². The molecule has 1 aromatic carbocycles. The van der Waals surface area contributed by atoms with E-state index >= 15 is 0 Å². The molecule has 2 heterocycles. The average Bonchev–Trinajstić information content (AvgIpc) is 2.57. The van der Waals surface area contributed by atoms with Gasteiger partial charge in [-0.1, -0.05) is 24.3 Å². The minimum absolute atomic E-state index is 0.177. The Balaban J connectivity index is 2.25. The first kappa shape index (κ1) is 7.62. The molecule has 3 rings (SSSR count). The van der Waals surface area contributed by atoms with Gasteiger partial charge >= 0.3 is 0 Å². The molecule has 0 atom stereocenters. The monoisotopic (exact) mass is 186 g/mol. The van der Waals surface area contributed by atoms with E-state index in [2.05, 4.69) is 6.07 Å². The van der Waals surface area contributed by atoms with Crippen LogP contribution in [0.5, 0.6) is 0 Å². The molecule has 3 heteroatoms. The highest BCUT2D eigenvalue weighted by molar-refractivity contribution is 5.82. The second-order valence-electron chi connectivity index (χ2n) is 3.54. The number of hydrogen-bond acceptors (Lipinski definition) is 2. The first-order valence-electron chi connectivity index (χ1n) is 4.72. The molecule has 1 amide bonds. The Morgan fingerprint density at radius 1 is 1.07 bits per heavy atom. The standard InChI is InChI=1S/C11H10N2O/c14-11-5-6-12-7-9-3-1-2-4-10(9)8-13(11)12/h1-4,7-8H,5-6H2. The lowest BCUT2D eigenvalue weighted by Crippen LogP contribution is -2.42. The molecule has 14 heavy (non-hydrogen) atoms. The van der Waals surface area contributed by atoms with Gasteiger partial charge in [-0.3, -0.25) is 9.80 Å². The molecule has 0 aromatic heterocycles. The number of benzene rings is 1. The van der Waals surface area contributed by atoms with Crippen LogP contribution in [0.3, 0.4) is 0 Å². The zero-order valence-corrected chi connectivity index (χ0v) is 7.68. The van der Waals surface area contributed by atoms with Crippen molar-refractivity contribution in [3.05, 3.63) is 34.7 Å². The van der Waals surface area contributed by atoms with Crippen LogP contribution in [-0.4, -0.2) is 22.5 Å². The van der Waals surface area contributed by atoms with Crippen molar-refractivity contribution in [1.29, 1.82) is 0 Å². The Hall–Kier alpha value is -1.77. The van der Waals surface area contributed by atoms with E-state index in [-0.39, 0.29) is 5.91 Å². The Kier molecular flexibility index (Phi) is 1.42. The molecular formula is C11H10N2O. The fourth-order valence-corrected chi connectivity index (χ4v) is 1.89. The lowest BCUT2D eigenvalue weighted by molar-refractivity contribution is -0.129. The number of amides is 1. The SMILES string of the molecule is O=C1CCN2C=c3ccccc3=CN12. The predicted molar refractivity (Wildman–Crippen MR) is 52.8 cm³/mol. The molecule has 0 spiro atoms. The van der Waals surface area contributed by atoms with Gasteiger partial charge in [0.05, 0.1) is 0 Å². The van der Waals surface area contributed by atoms with Crippen LogP contribution in [0, 0.1) is 0 Å². The maximum Gasteiger partial charge on any atom is 0.247 e. The molecule has 1 saturated heterocycles. The van der Waals surface area contributed by atoms with E-state index in [1.807, 2.05) is 35.6 Å². The van der Waals surface area contributed by atoms with E-state index in [9.17, 15) is 4.79 Å². The van der Waals surface area contributed by atoms with Crippen molar-refractivity contribution in [1.82, 2.24) is 10.0 Å². The zero-order valence-electron chi connectivity index (χ0n) is 7.68. The van der Waals surface area contributed by atoms with Gasteiger partial charge in [0.1, 0.15) is 0 Å². The Bertz CT molecular complexity index is 506. The highest BCUT2D eigenvalue weighted by Crippen LogP contribution is 2.13. The third-order valence-electron chi connectivity index (χ3n) is 2.63. The summed E-state index contributed by atoms with van der Waals surface area (Å²) in [5.41, 5.74) is 0. The van der Waals surface area contributed by atoms with Crippen molar-refractivity contribution in [3.8, 4) is 0 Å². The smallest absolute Gasteiger partial charge is 0.247 e. The molecule has 1 fully saturated rings. The van der Waals surface area contributed by atoms with Crippen LogP contribution in [0.4, 0.5) is 0 Å². The van der Waals surface area contributed by atoms with Crippen LogP contribution in [0.2, 0.25) is 0 Å². The minimum Gasteiger partial charge on any atom is -0.285 e. The van der Waals surface area contributed by atoms with E-state index < -0.39 is 0 Å². The summed E-state index contributed by atoms with van der Waals surface area (Å²) >= 11 is 0. The van der Waals surface area contributed by atoms with Gasteiger partial charge < -0.3 is 0 Å². The highest BCUT2D eigenvalue weighted by Gasteiger charge is 2.26. The maximum atomic E-state index is 11.5. The Morgan fingerprint density at radius 3 is 2.57 bits per heavy atom. The van der Waals surface area contributed by atoms with Crippen molar-refractivity contribution < 1.29 is 4.79 Å². The largest absolute Gasteiger partial charge is 0.285 e. The molecule has 0 unspecified atom stereocenters. The van der Waals surface area contributed by atoms with Crippen molar-refractivity contribution in [2.24, 2.45) is 0 Å². The summed E-state index contributed by atoms with van der Waals surface area (Å²) in [7, 11) is 0. The second kappa shape index (κ2) is 2.61. The van der Waals surface area contributed by atoms with Crippen LogP contribution < -0.4 is 10.4 Å². The van der Waals surface area contributed by atoms with E-state index in [0.29, 0.717) is 6.42 Å². The van der Waals surface area contributed by atoms with Gasteiger partial charge in [0, 0.05) is 35.8 Å². The number of hydrazine groups is 1. The van der Waals surface area contributed by atoms with Crippen molar-refractivity contribution in [2.45, 2.75) is 6.42 Å². The average molecular weight is 186 g/mol. The third kappa shape index (κ3) is 0.954. The van der Waals surface area contributed by atoms with Gasteiger partial charge in [-0.05, 0) is 0 Å². The van der Waals surface area contributed by atoms with Crippen LogP contribution in [0.25, 0.3) is 12.4 Å². The summed E-state index contributed by atoms with van der Waals surface area (Å²) in [5, 5.41) is 5.95. The van der Waals surface area contributed by atoms with Gasteiger partial charge in [0.25, 0.3) is 0 Å². The third-order valence-corrected chi connectivity index (χ3v) is 2.63. The summed E-state index contributed by atoms with van der Waals surface area (Å²) in [4.78, 5) is 11.5.